The van der Waals surface area contributed by atoms with Gasteiger partial charge in [0.25, 0.3) is 0 Å². The van der Waals surface area contributed by atoms with E-state index in [0.717, 1.165) is 5.69 Å². The van der Waals surface area contributed by atoms with Crippen molar-refractivity contribution in [3.05, 3.63) is 36.2 Å². The van der Waals surface area contributed by atoms with Crippen molar-refractivity contribution in [3.63, 3.8) is 0 Å². The Labute approximate surface area is 80.4 Å². The smallest absolute Gasteiger partial charge is 0.0370 e. The summed E-state index contributed by atoms with van der Waals surface area (Å²) in [6, 6.07) is 8.39. The topological polar surface area (TPSA) is 29.3 Å². The number of hydrogen-bond donors (Lipinski definition) is 1. The number of hydrogen-bond acceptors (Lipinski definition) is 2. The molecule has 0 fully saturated rings. The number of rotatable bonds is 3. The average Bonchev–Trinajstić information content (AvgIpc) is 2.09. The molecule has 0 aliphatic rings. The van der Waals surface area contributed by atoms with E-state index in [0.29, 0.717) is 6.04 Å². The van der Waals surface area contributed by atoms with Crippen LogP contribution in [0.25, 0.3) is 0 Å². The molecule has 2 heteroatoms. The highest BCUT2D eigenvalue weighted by atomic mass is 15.1. The summed E-state index contributed by atoms with van der Waals surface area (Å²) in [5.74, 6) is 0. The summed E-state index contributed by atoms with van der Waals surface area (Å²) in [5.41, 5.74) is 7.72. The normalized spacial score (nSPS) is 13.2. The second kappa shape index (κ2) is 4.28. The Kier molecular flexibility index (Phi) is 3.32. The van der Waals surface area contributed by atoms with Gasteiger partial charge in [0.05, 0.1) is 0 Å². The van der Waals surface area contributed by atoms with E-state index in [2.05, 4.69) is 44.5 Å². The molecule has 0 saturated carbocycles. The molecule has 2 N–H and O–H groups in total. The fourth-order valence-corrected chi connectivity index (χ4v) is 1.48. The molecule has 1 rings (SSSR count). The fourth-order valence-electron chi connectivity index (χ4n) is 1.48. The maximum Gasteiger partial charge on any atom is 0.0370 e. The Bertz CT molecular complexity index is 251. The van der Waals surface area contributed by atoms with Crippen LogP contribution in [0.3, 0.4) is 0 Å². The van der Waals surface area contributed by atoms with E-state index in [9.17, 15) is 0 Å². The number of nitrogens with zero attached hydrogens (tertiary/aromatic N) is 1. The molecule has 0 aliphatic heterocycles. The summed E-state index contributed by atoms with van der Waals surface area (Å²) in [6.07, 6.45) is 2.17. The van der Waals surface area contributed by atoms with Crippen LogP contribution in [0.5, 0.6) is 0 Å². The van der Waals surface area contributed by atoms with Gasteiger partial charge in [-0.25, -0.2) is 0 Å². The molecule has 0 saturated heterocycles. The van der Waals surface area contributed by atoms with Gasteiger partial charge in [0, 0.05) is 11.7 Å². The first-order valence-corrected chi connectivity index (χ1v) is 4.46. The number of anilines is 1. The van der Waals surface area contributed by atoms with E-state index >= 15 is 0 Å². The summed E-state index contributed by atoms with van der Waals surface area (Å²) in [7, 11) is 4.14. The third kappa shape index (κ3) is 2.46. The third-order valence-electron chi connectivity index (χ3n) is 2.15. The van der Waals surface area contributed by atoms with Gasteiger partial charge in [0.2, 0.25) is 0 Å². The van der Waals surface area contributed by atoms with Gasteiger partial charge >= 0.3 is 0 Å². The lowest BCUT2D eigenvalue weighted by Gasteiger charge is -2.22. The summed E-state index contributed by atoms with van der Waals surface area (Å²) in [5, 5.41) is 0. The second-order valence-electron chi connectivity index (χ2n) is 3.41. The zero-order chi connectivity index (χ0) is 9.84. The summed E-state index contributed by atoms with van der Waals surface area (Å²) in [6.45, 7) is 2.07. The van der Waals surface area contributed by atoms with Crippen LogP contribution in [-0.4, -0.2) is 19.0 Å². The highest BCUT2D eigenvalue weighted by Crippen LogP contribution is 2.21. The van der Waals surface area contributed by atoms with Crippen LogP contribution in [0.4, 0.5) is 5.69 Å². The molecule has 1 aromatic rings. The van der Waals surface area contributed by atoms with Crippen LogP contribution in [0.15, 0.2) is 24.3 Å². The van der Waals surface area contributed by atoms with Gasteiger partial charge in [-0.3, -0.25) is 0 Å². The fraction of sp³-hybridized carbons (Fsp3) is 0.364. The molecule has 71 valence electrons. The third-order valence-corrected chi connectivity index (χ3v) is 2.15. The number of benzene rings is 1. The molecule has 0 spiro atoms. The minimum absolute atomic E-state index is 0.376. The molecule has 13 heavy (non-hydrogen) atoms. The van der Waals surface area contributed by atoms with Crippen molar-refractivity contribution >= 4 is 5.69 Å². The molecule has 0 aromatic heterocycles. The van der Waals surface area contributed by atoms with Gasteiger partial charge in [-0.15, -0.1) is 0 Å². The number of nitrogen functional groups attached to an aromatic ring is 1. The number of nitrogens with two attached hydrogens (primary N) is 1. The van der Waals surface area contributed by atoms with Crippen molar-refractivity contribution < 1.29 is 0 Å². The summed E-state index contributed by atoms with van der Waals surface area (Å²) in [4.78, 5) is 2.17. The monoisotopic (exact) mass is 177 g/mol. The first kappa shape index (κ1) is 10.1. The molecule has 1 atom stereocenters. The Hall–Kier alpha value is -1.02. The van der Waals surface area contributed by atoms with Crippen LogP contribution in [0.2, 0.25) is 0 Å². The van der Waals surface area contributed by atoms with E-state index in [-0.39, 0.29) is 0 Å². The van der Waals surface area contributed by atoms with Crippen molar-refractivity contribution in [2.24, 2.45) is 0 Å². The van der Waals surface area contributed by atoms with E-state index in [1.165, 1.54) is 5.56 Å². The molecular weight excluding hydrogens is 160 g/mol. The molecule has 0 bridgehead atoms. The Balaban J connectivity index is 2.86. The Morgan fingerprint density at radius 1 is 1.23 bits per heavy atom. The minimum Gasteiger partial charge on any atom is -0.399 e. The molecule has 1 aromatic carbocycles. The van der Waals surface area contributed by atoms with Crippen molar-refractivity contribution in [1.82, 2.24) is 4.90 Å². The molecule has 1 radical (unpaired) electrons. The zero-order valence-corrected chi connectivity index (χ0v) is 8.49. The quantitative estimate of drug-likeness (QED) is 0.716. The van der Waals surface area contributed by atoms with Gasteiger partial charge in [-0.05, 0) is 38.2 Å². The molecular formula is C11H17N2. The Morgan fingerprint density at radius 2 is 1.77 bits per heavy atom. The predicted molar refractivity (Wildman–Crippen MR) is 57.3 cm³/mol. The van der Waals surface area contributed by atoms with E-state index in [1.54, 1.807) is 0 Å². The van der Waals surface area contributed by atoms with Crippen LogP contribution >= 0.6 is 0 Å². The van der Waals surface area contributed by atoms with Crippen molar-refractivity contribution in [1.29, 1.82) is 0 Å². The van der Waals surface area contributed by atoms with Gasteiger partial charge in [0.1, 0.15) is 0 Å². The van der Waals surface area contributed by atoms with Gasteiger partial charge in [-0.2, -0.15) is 0 Å². The summed E-state index contributed by atoms with van der Waals surface area (Å²) < 4.78 is 0. The standard InChI is InChI=1S/C11H17N2/c1-4-11(13(2)3)9-5-7-10(12)8-6-9/h4-8,11H,12H2,1-3H3. The van der Waals surface area contributed by atoms with Gasteiger partial charge in [-0.1, -0.05) is 19.1 Å². The maximum absolute atomic E-state index is 5.62. The largest absolute Gasteiger partial charge is 0.399 e. The van der Waals surface area contributed by atoms with Crippen LogP contribution in [0.1, 0.15) is 18.5 Å². The minimum atomic E-state index is 0.376. The molecule has 0 heterocycles. The molecule has 2 nitrogen and oxygen atoms in total. The van der Waals surface area contributed by atoms with E-state index in [1.807, 2.05) is 12.1 Å². The van der Waals surface area contributed by atoms with E-state index < -0.39 is 0 Å². The molecule has 0 aliphatic carbocycles. The summed E-state index contributed by atoms with van der Waals surface area (Å²) >= 11 is 0. The zero-order valence-electron chi connectivity index (χ0n) is 8.49. The lowest BCUT2D eigenvalue weighted by molar-refractivity contribution is 0.333. The van der Waals surface area contributed by atoms with Gasteiger partial charge in [0.15, 0.2) is 0 Å². The SMILES string of the molecule is C[CH]C(c1ccc(N)cc1)N(C)C. The first-order chi connectivity index (χ1) is 6.15. The highest BCUT2D eigenvalue weighted by molar-refractivity contribution is 5.40. The molecule has 0 amide bonds. The predicted octanol–water partition coefficient (Wildman–Crippen LogP) is 2.10. The second-order valence-corrected chi connectivity index (χ2v) is 3.41. The average molecular weight is 177 g/mol. The highest BCUT2D eigenvalue weighted by Gasteiger charge is 2.10. The molecule has 1 unspecified atom stereocenters. The lowest BCUT2D eigenvalue weighted by Crippen LogP contribution is -2.19. The van der Waals surface area contributed by atoms with Crippen LogP contribution in [0, 0.1) is 6.42 Å². The lowest BCUT2D eigenvalue weighted by atomic mass is 10.0. The van der Waals surface area contributed by atoms with Crippen molar-refractivity contribution in [2.45, 2.75) is 13.0 Å². The van der Waals surface area contributed by atoms with Gasteiger partial charge < -0.3 is 10.6 Å². The van der Waals surface area contributed by atoms with E-state index in [4.69, 9.17) is 5.73 Å². The first-order valence-electron chi connectivity index (χ1n) is 4.46. The van der Waals surface area contributed by atoms with Crippen LogP contribution in [-0.2, 0) is 0 Å². The van der Waals surface area contributed by atoms with Crippen LogP contribution < -0.4 is 5.73 Å². The maximum atomic E-state index is 5.62. The van der Waals surface area contributed by atoms with Crippen molar-refractivity contribution in [2.75, 3.05) is 19.8 Å². The van der Waals surface area contributed by atoms with Crippen molar-refractivity contribution in [3.8, 4) is 0 Å². The Morgan fingerprint density at radius 3 is 2.15 bits per heavy atom.